The highest BCUT2D eigenvalue weighted by atomic mass is 35.5. The van der Waals surface area contributed by atoms with Crippen LogP contribution in [0.5, 0.6) is 0 Å². The minimum atomic E-state index is -0.307. The van der Waals surface area contributed by atoms with E-state index >= 15 is 0 Å². The quantitative estimate of drug-likeness (QED) is 0.635. The van der Waals surface area contributed by atoms with Crippen LogP contribution >= 0.6 is 23.4 Å². The molecule has 1 aromatic carbocycles. The number of carbonyl (C=O) groups is 1. The van der Waals surface area contributed by atoms with Crippen LogP contribution in [-0.2, 0) is 11.8 Å². The van der Waals surface area contributed by atoms with Gasteiger partial charge in [0.05, 0.1) is 11.6 Å². The van der Waals surface area contributed by atoms with Crippen molar-refractivity contribution in [3.8, 4) is 0 Å². The van der Waals surface area contributed by atoms with Crippen molar-refractivity contribution in [2.45, 2.75) is 11.8 Å². The zero-order chi connectivity index (χ0) is 13.3. The van der Waals surface area contributed by atoms with E-state index in [0.717, 1.165) is 15.8 Å². The van der Waals surface area contributed by atoms with Gasteiger partial charge in [-0.3, -0.25) is 0 Å². The molecular weight excluding hydrogens is 270 g/mol. The van der Waals surface area contributed by atoms with Gasteiger partial charge < -0.3 is 9.30 Å². The molecule has 3 nitrogen and oxygen atoms in total. The van der Waals surface area contributed by atoms with E-state index in [9.17, 15) is 4.79 Å². The third-order valence-electron chi connectivity index (χ3n) is 2.80. The molecule has 0 amide bonds. The molecule has 5 heteroatoms. The highest BCUT2D eigenvalue weighted by Crippen LogP contribution is 2.31. The van der Waals surface area contributed by atoms with Crippen molar-refractivity contribution >= 4 is 40.2 Å². The summed E-state index contributed by atoms with van der Waals surface area (Å²) in [7, 11) is 1.84. The zero-order valence-electron chi connectivity index (χ0n) is 10.5. The summed E-state index contributed by atoms with van der Waals surface area (Å²) in [5, 5.41) is 1.70. The van der Waals surface area contributed by atoms with E-state index in [1.54, 1.807) is 18.7 Å². The van der Waals surface area contributed by atoms with E-state index in [-0.39, 0.29) is 5.97 Å². The van der Waals surface area contributed by atoms with Gasteiger partial charge in [0, 0.05) is 22.8 Å². The summed E-state index contributed by atoms with van der Waals surface area (Å²) >= 11 is 7.76. The van der Waals surface area contributed by atoms with E-state index in [1.807, 2.05) is 36.1 Å². The van der Waals surface area contributed by atoms with E-state index in [1.165, 1.54) is 0 Å². The van der Waals surface area contributed by atoms with Gasteiger partial charge in [-0.05, 0) is 31.4 Å². The number of hydrogen-bond acceptors (Lipinski definition) is 3. The van der Waals surface area contributed by atoms with Gasteiger partial charge in [0.15, 0.2) is 0 Å². The second kappa shape index (κ2) is 5.24. The molecule has 0 atom stereocenters. The first-order valence-electron chi connectivity index (χ1n) is 5.58. The summed E-state index contributed by atoms with van der Waals surface area (Å²) in [5.41, 5.74) is 1.47. The summed E-state index contributed by atoms with van der Waals surface area (Å²) in [6, 6.07) is 5.71. The standard InChI is InChI=1S/C13H14ClNO2S/c1-4-17-13(16)11-5-8-6-12(18-3)9(14)7-10(8)15(11)2/h5-7H,4H2,1-3H3. The smallest absolute Gasteiger partial charge is 0.354 e. The Labute approximate surface area is 115 Å². The molecule has 18 heavy (non-hydrogen) atoms. The maximum absolute atomic E-state index is 11.8. The van der Waals surface area contributed by atoms with Crippen molar-refractivity contribution < 1.29 is 9.53 Å². The number of esters is 1. The highest BCUT2D eigenvalue weighted by molar-refractivity contribution is 7.98. The number of aromatic nitrogens is 1. The molecule has 1 heterocycles. The Morgan fingerprint density at radius 2 is 2.17 bits per heavy atom. The molecular formula is C13H14ClNO2S. The molecule has 96 valence electrons. The fourth-order valence-corrected chi connectivity index (χ4v) is 2.78. The molecule has 0 radical (unpaired) electrons. The lowest BCUT2D eigenvalue weighted by Crippen LogP contribution is -2.09. The second-order valence-corrected chi connectivity index (χ2v) is 5.11. The van der Waals surface area contributed by atoms with E-state index in [2.05, 4.69) is 0 Å². The van der Waals surface area contributed by atoms with E-state index < -0.39 is 0 Å². The number of benzene rings is 1. The summed E-state index contributed by atoms with van der Waals surface area (Å²) in [6.45, 7) is 2.17. The first-order chi connectivity index (χ1) is 8.58. The third kappa shape index (κ3) is 2.22. The van der Waals surface area contributed by atoms with Crippen molar-refractivity contribution in [1.82, 2.24) is 4.57 Å². The topological polar surface area (TPSA) is 31.2 Å². The number of halogens is 1. The Kier molecular flexibility index (Phi) is 3.88. The van der Waals surface area contributed by atoms with Crippen molar-refractivity contribution in [3.63, 3.8) is 0 Å². The summed E-state index contributed by atoms with van der Waals surface area (Å²) in [6.07, 6.45) is 1.97. The SMILES string of the molecule is CCOC(=O)c1cc2cc(SC)c(Cl)cc2n1C. The molecule has 0 saturated carbocycles. The number of thioether (sulfide) groups is 1. The maximum Gasteiger partial charge on any atom is 0.354 e. The highest BCUT2D eigenvalue weighted by Gasteiger charge is 2.15. The number of rotatable bonds is 3. The molecule has 0 N–H and O–H groups in total. The van der Waals surface area contributed by atoms with Gasteiger partial charge in [0.1, 0.15) is 5.69 Å². The number of fused-ring (bicyclic) bond motifs is 1. The van der Waals surface area contributed by atoms with Crippen molar-refractivity contribution in [2.24, 2.45) is 7.05 Å². The van der Waals surface area contributed by atoms with Crippen LogP contribution in [0.25, 0.3) is 10.9 Å². The predicted octanol–water partition coefficient (Wildman–Crippen LogP) is 3.73. The van der Waals surface area contributed by atoms with E-state index in [4.69, 9.17) is 16.3 Å². The van der Waals surface area contributed by atoms with Gasteiger partial charge in [-0.1, -0.05) is 11.6 Å². The molecule has 2 aromatic rings. The van der Waals surface area contributed by atoms with Crippen LogP contribution in [0.2, 0.25) is 5.02 Å². The van der Waals surface area contributed by atoms with Gasteiger partial charge >= 0.3 is 5.97 Å². The Bertz CT molecular complexity index is 607. The summed E-state index contributed by atoms with van der Waals surface area (Å²) < 4.78 is 6.84. The largest absolute Gasteiger partial charge is 0.461 e. The zero-order valence-corrected chi connectivity index (χ0v) is 12.1. The van der Waals surface area contributed by atoms with Gasteiger partial charge in [-0.15, -0.1) is 11.8 Å². The minimum absolute atomic E-state index is 0.307. The van der Waals surface area contributed by atoms with E-state index in [0.29, 0.717) is 17.3 Å². The summed E-state index contributed by atoms with van der Waals surface area (Å²) in [4.78, 5) is 12.8. The van der Waals surface area contributed by atoms with Crippen LogP contribution < -0.4 is 0 Å². The Morgan fingerprint density at radius 3 is 2.78 bits per heavy atom. The Morgan fingerprint density at radius 1 is 1.44 bits per heavy atom. The molecule has 0 saturated heterocycles. The molecule has 0 unspecified atom stereocenters. The first kappa shape index (κ1) is 13.3. The molecule has 0 aliphatic rings. The lowest BCUT2D eigenvalue weighted by molar-refractivity contribution is 0.0516. The molecule has 0 fully saturated rings. The molecule has 0 aliphatic carbocycles. The fourth-order valence-electron chi connectivity index (χ4n) is 1.90. The third-order valence-corrected chi connectivity index (χ3v) is 4.00. The number of nitrogens with zero attached hydrogens (tertiary/aromatic N) is 1. The number of carbonyl (C=O) groups excluding carboxylic acids is 1. The normalized spacial score (nSPS) is 10.9. The van der Waals surface area contributed by atoms with Gasteiger partial charge in [-0.2, -0.15) is 0 Å². The van der Waals surface area contributed by atoms with Crippen LogP contribution in [-0.4, -0.2) is 23.4 Å². The van der Waals surface area contributed by atoms with Crippen LogP contribution in [0.4, 0.5) is 0 Å². The van der Waals surface area contributed by atoms with Crippen molar-refractivity contribution in [2.75, 3.05) is 12.9 Å². The maximum atomic E-state index is 11.8. The fraction of sp³-hybridized carbons (Fsp3) is 0.308. The average molecular weight is 284 g/mol. The van der Waals surface area contributed by atoms with Gasteiger partial charge in [-0.25, -0.2) is 4.79 Å². The second-order valence-electron chi connectivity index (χ2n) is 3.85. The number of ether oxygens (including phenoxy) is 1. The Hall–Kier alpha value is -1.13. The van der Waals surface area contributed by atoms with Gasteiger partial charge in [0.2, 0.25) is 0 Å². The van der Waals surface area contributed by atoms with Crippen LogP contribution in [0, 0.1) is 0 Å². The van der Waals surface area contributed by atoms with Crippen molar-refractivity contribution in [3.05, 3.63) is 28.9 Å². The van der Waals surface area contributed by atoms with Crippen LogP contribution in [0.15, 0.2) is 23.1 Å². The lowest BCUT2D eigenvalue weighted by Gasteiger charge is -2.04. The van der Waals surface area contributed by atoms with Crippen LogP contribution in [0.1, 0.15) is 17.4 Å². The predicted molar refractivity (Wildman–Crippen MR) is 75.7 cm³/mol. The first-order valence-corrected chi connectivity index (χ1v) is 7.18. The molecule has 0 bridgehead atoms. The average Bonchev–Trinajstić information content (AvgIpc) is 2.66. The lowest BCUT2D eigenvalue weighted by atomic mass is 10.2. The van der Waals surface area contributed by atoms with Crippen molar-refractivity contribution in [1.29, 1.82) is 0 Å². The minimum Gasteiger partial charge on any atom is -0.461 e. The molecule has 0 aliphatic heterocycles. The van der Waals surface area contributed by atoms with Crippen LogP contribution in [0.3, 0.4) is 0 Å². The monoisotopic (exact) mass is 283 g/mol. The Balaban J connectivity index is 2.59. The summed E-state index contributed by atoms with van der Waals surface area (Å²) in [5.74, 6) is -0.307. The molecule has 1 aromatic heterocycles. The molecule has 2 rings (SSSR count). The van der Waals surface area contributed by atoms with Gasteiger partial charge in [0.25, 0.3) is 0 Å². The number of hydrogen-bond donors (Lipinski definition) is 0. The molecule has 0 spiro atoms. The number of aryl methyl sites for hydroxylation is 1.